The molecule has 1 amide bonds. The van der Waals surface area contributed by atoms with Gasteiger partial charge in [0.25, 0.3) is 5.91 Å². The fraction of sp³-hybridized carbons (Fsp3) is 0.375. The van der Waals surface area contributed by atoms with Crippen LogP contribution in [-0.2, 0) is 6.54 Å². The lowest BCUT2D eigenvalue weighted by molar-refractivity contribution is 0.0965. The number of ether oxygens (including phenoxy) is 2. The van der Waals surface area contributed by atoms with Gasteiger partial charge in [0.2, 0.25) is 0 Å². The minimum absolute atomic E-state index is 0.0244. The predicted octanol–water partition coefficient (Wildman–Crippen LogP) is 6.13. The molecule has 4 heterocycles. The van der Waals surface area contributed by atoms with Crippen LogP contribution in [0.1, 0.15) is 57.3 Å². The lowest BCUT2D eigenvalue weighted by atomic mass is 9.75. The van der Waals surface area contributed by atoms with Crippen LogP contribution in [0.15, 0.2) is 78.9 Å². The van der Waals surface area contributed by atoms with Crippen LogP contribution < -0.4 is 24.6 Å². The second-order valence-electron chi connectivity index (χ2n) is 13.8. The lowest BCUT2D eigenvalue weighted by Crippen LogP contribution is -2.49. The number of piperazine rings is 1. The molecule has 2 atom stereocenters. The molecule has 2 saturated heterocycles. The van der Waals surface area contributed by atoms with Crippen LogP contribution in [0.25, 0.3) is 0 Å². The zero-order chi connectivity index (χ0) is 33.5. The highest BCUT2D eigenvalue weighted by atomic mass is 19.1. The molecule has 0 spiro atoms. The van der Waals surface area contributed by atoms with Crippen molar-refractivity contribution in [1.29, 1.82) is 0 Å². The van der Waals surface area contributed by atoms with Gasteiger partial charge in [0, 0.05) is 92.8 Å². The Labute approximate surface area is 287 Å². The van der Waals surface area contributed by atoms with Gasteiger partial charge < -0.3 is 29.7 Å². The Kier molecular flexibility index (Phi) is 8.53. The first-order valence-corrected chi connectivity index (χ1v) is 17.5. The standard InChI is InChI=1S/C40H43FN4O4/c1-48-38-21-28(4-11-36(38)41)35-25-49-37-22-32(46)8-10-34(37)39(35)27-2-5-30(6-3-27)44-14-12-26(13-15-44)24-43-16-18-45(19-17-43)31-7-9-33-29(20-31)23-42-40(33)47/h2-11,20-22,26,35,39,46H,12-19,23-25H2,1H3,(H,42,47)/t35-,39-/m1/s1. The molecular weight excluding hydrogens is 619 g/mol. The summed E-state index contributed by atoms with van der Waals surface area (Å²) in [5.41, 5.74) is 7.50. The number of nitrogens with zero attached hydrogens (tertiary/aromatic N) is 3. The number of fused-ring (bicyclic) bond motifs is 2. The highest BCUT2D eigenvalue weighted by Crippen LogP contribution is 2.47. The van der Waals surface area contributed by atoms with E-state index in [1.54, 1.807) is 18.2 Å². The number of halogens is 1. The Balaban J connectivity index is 0.895. The van der Waals surface area contributed by atoms with E-state index in [0.717, 1.165) is 73.6 Å². The van der Waals surface area contributed by atoms with Crippen molar-refractivity contribution in [3.8, 4) is 17.2 Å². The van der Waals surface area contributed by atoms with Crippen LogP contribution in [0.5, 0.6) is 17.2 Å². The first kappa shape index (κ1) is 31.5. The number of methoxy groups -OCH3 is 1. The molecule has 0 aliphatic carbocycles. The van der Waals surface area contributed by atoms with Crippen LogP contribution in [0.4, 0.5) is 15.8 Å². The maximum atomic E-state index is 14.3. The van der Waals surface area contributed by atoms with E-state index >= 15 is 0 Å². The number of phenols is 1. The van der Waals surface area contributed by atoms with Gasteiger partial charge in [0.15, 0.2) is 11.6 Å². The molecule has 8 rings (SSSR count). The SMILES string of the molecule is COc1cc([C@H]2COc3cc(O)ccc3[C@H]2c2ccc(N3CCC(CN4CCN(c5ccc6c(c5)CNC6=O)CC4)CC3)cc2)ccc1F. The van der Waals surface area contributed by atoms with Gasteiger partial charge in [-0.15, -0.1) is 0 Å². The molecule has 0 aromatic heterocycles. The van der Waals surface area contributed by atoms with Crippen LogP contribution in [-0.4, -0.2) is 75.4 Å². The molecule has 49 heavy (non-hydrogen) atoms. The highest BCUT2D eigenvalue weighted by molar-refractivity contribution is 5.98. The maximum absolute atomic E-state index is 14.3. The zero-order valence-electron chi connectivity index (χ0n) is 27.9. The normalized spacial score (nSPS) is 21.1. The Morgan fingerprint density at radius 1 is 0.857 bits per heavy atom. The molecule has 2 fully saturated rings. The molecular formula is C40H43FN4O4. The Hall–Kier alpha value is -4.76. The van der Waals surface area contributed by atoms with E-state index in [9.17, 15) is 14.3 Å². The number of hydrogen-bond donors (Lipinski definition) is 2. The van der Waals surface area contributed by atoms with Crippen LogP contribution in [0.3, 0.4) is 0 Å². The highest BCUT2D eigenvalue weighted by Gasteiger charge is 2.34. The van der Waals surface area contributed by atoms with Crippen molar-refractivity contribution < 1.29 is 23.8 Å². The first-order chi connectivity index (χ1) is 23.9. The Morgan fingerprint density at radius 2 is 1.59 bits per heavy atom. The number of hydrogen-bond acceptors (Lipinski definition) is 7. The van der Waals surface area contributed by atoms with Crippen molar-refractivity contribution in [2.45, 2.75) is 31.2 Å². The van der Waals surface area contributed by atoms with Gasteiger partial charge in [-0.1, -0.05) is 24.3 Å². The minimum atomic E-state index is -0.385. The molecule has 4 aliphatic rings. The second kappa shape index (κ2) is 13.3. The average molecular weight is 663 g/mol. The van der Waals surface area contributed by atoms with Crippen molar-refractivity contribution in [1.82, 2.24) is 10.2 Å². The van der Waals surface area contributed by atoms with E-state index in [-0.39, 0.29) is 35.1 Å². The van der Waals surface area contributed by atoms with Crippen molar-refractivity contribution >= 4 is 17.3 Å². The summed E-state index contributed by atoms with van der Waals surface area (Å²) in [6.07, 6.45) is 2.36. The molecule has 0 radical (unpaired) electrons. The third kappa shape index (κ3) is 6.28. The summed E-state index contributed by atoms with van der Waals surface area (Å²) < 4.78 is 25.8. The van der Waals surface area contributed by atoms with E-state index in [1.807, 2.05) is 18.2 Å². The number of carbonyl (C=O) groups is 1. The van der Waals surface area contributed by atoms with E-state index in [1.165, 1.54) is 37.4 Å². The van der Waals surface area contributed by atoms with Gasteiger partial charge in [-0.2, -0.15) is 0 Å². The van der Waals surface area contributed by atoms with Crippen molar-refractivity contribution in [3.63, 3.8) is 0 Å². The van der Waals surface area contributed by atoms with Crippen molar-refractivity contribution in [2.75, 3.05) is 69.3 Å². The molecule has 4 aliphatic heterocycles. The van der Waals surface area contributed by atoms with Gasteiger partial charge in [-0.3, -0.25) is 9.69 Å². The van der Waals surface area contributed by atoms with Crippen molar-refractivity contribution in [3.05, 3.63) is 112 Å². The van der Waals surface area contributed by atoms with Gasteiger partial charge in [0.1, 0.15) is 11.5 Å². The summed E-state index contributed by atoms with van der Waals surface area (Å²) in [5, 5.41) is 13.1. The molecule has 4 aromatic carbocycles. The number of nitrogens with one attached hydrogen (secondary N) is 1. The lowest BCUT2D eigenvalue weighted by Gasteiger charge is -2.40. The topological polar surface area (TPSA) is 77.5 Å². The summed E-state index contributed by atoms with van der Waals surface area (Å²) in [4.78, 5) is 19.5. The molecule has 9 heteroatoms. The summed E-state index contributed by atoms with van der Waals surface area (Å²) >= 11 is 0. The quantitative estimate of drug-likeness (QED) is 0.247. The van der Waals surface area contributed by atoms with Gasteiger partial charge in [0.05, 0.1) is 13.7 Å². The molecule has 0 bridgehead atoms. The summed E-state index contributed by atoms with van der Waals surface area (Å²) in [7, 11) is 1.48. The number of piperidine rings is 1. The fourth-order valence-corrected chi connectivity index (χ4v) is 8.24. The molecule has 0 unspecified atom stereocenters. The predicted molar refractivity (Wildman–Crippen MR) is 189 cm³/mol. The Bertz CT molecular complexity index is 1830. The van der Waals surface area contributed by atoms with E-state index in [0.29, 0.717) is 24.8 Å². The molecule has 0 saturated carbocycles. The summed E-state index contributed by atoms with van der Waals surface area (Å²) in [6.45, 7) is 8.44. The third-order valence-electron chi connectivity index (χ3n) is 11.0. The van der Waals surface area contributed by atoms with Crippen LogP contribution >= 0.6 is 0 Å². The molecule has 254 valence electrons. The number of aromatic hydroxyl groups is 1. The largest absolute Gasteiger partial charge is 0.508 e. The van der Waals surface area contributed by atoms with E-state index in [4.69, 9.17) is 9.47 Å². The van der Waals surface area contributed by atoms with E-state index in [2.05, 4.69) is 56.4 Å². The summed E-state index contributed by atoms with van der Waals surface area (Å²) in [5.74, 6) is 1.36. The Morgan fingerprint density at radius 3 is 2.37 bits per heavy atom. The second-order valence-corrected chi connectivity index (χ2v) is 13.8. The third-order valence-corrected chi connectivity index (χ3v) is 11.0. The van der Waals surface area contributed by atoms with Gasteiger partial charge in [-0.05, 0) is 84.0 Å². The molecule has 8 nitrogen and oxygen atoms in total. The maximum Gasteiger partial charge on any atom is 0.251 e. The number of rotatable bonds is 7. The number of carbonyl (C=O) groups excluding carboxylic acids is 1. The number of anilines is 2. The molecule has 2 N–H and O–H groups in total. The van der Waals surface area contributed by atoms with Crippen LogP contribution in [0, 0.1) is 11.7 Å². The summed E-state index contributed by atoms with van der Waals surface area (Å²) in [6, 6.07) is 25.5. The van der Waals surface area contributed by atoms with E-state index < -0.39 is 0 Å². The minimum Gasteiger partial charge on any atom is -0.508 e. The smallest absolute Gasteiger partial charge is 0.251 e. The van der Waals surface area contributed by atoms with Crippen LogP contribution in [0.2, 0.25) is 0 Å². The first-order valence-electron chi connectivity index (χ1n) is 17.5. The zero-order valence-corrected chi connectivity index (χ0v) is 27.9. The fourth-order valence-electron chi connectivity index (χ4n) is 8.24. The van der Waals surface area contributed by atoms with Crippen molar-refractivity contribution in [2.24, 2.45) is 5.92 Å². The average Bonchev–Trinajstić information content (AvgIpc) is 3.51. The number of amides is 1. The monoisotopic (exact) mass is 662 g/mol. The number of phenolic OH excluding ortho intramolecular Hbond substituents is 1. The van der Waals surface area contributed by atoms with Gasteiger partial charge in [-0.25, -0.2) is 4.39 Å². The molecule has 4 aromatic rings. The van der Waals surface area contributed by atoms with Gasteiger partial charge >= 0.3 is 0 Å². The number of benzene rings is 4.